The second-order valence-corrected chi connectivity index (χ2v) is 6.46. The number of hydrogen-bond donors (Lipinski definition) is 1. The molecule has 0 saturated carbocycles. The SMILES string of the molecule is CC(C)C1NC(=O)CN(C2CN3CCC2CC3)C1=O. The van der Waals surface area contributed by atoms with Crippen LogP contribution in [0.1, 0.15) is 26.7 Å². The van der Waals surface area contributed by atoms with Crippen LogP contribution in [0.2, 0.25) is 0 Å². The van der Waals surface area contributed by atoms with E-state index >= 15 is 0 Å². The maximum absolute atomic E-state index is 12.6. The summed E-state index contributed by atoms with van der Waals surface area (Å²) in [5.74, 6) is 0.857. The molecule has 0 aliphatic carbocycles. The fourth-order valence-electron chi connectivity index (χ4n) is 3.71. The Morgan fingerprint density at radius 2 is 1.89 bits per heavy atom. The first-order valence-corrected chi connectivity index (χ1v) is 7.38. The molecule has 5 heteroatoms. The summed E-state index contributed by atoms with van der Waals surface area (Å²) in [6.45, 7) is 7.49. The molecule has 4 aliphatic heterocycles. The molecular weight excluding hydrogens is 242 g/mol. The van der Waals surface area contributed by atoms with Gasteiger partial charge in [-0.25, -0.2) is 0 Å². The first-order chi connectivity index (χ1) is 9.06. The molecule has 19 heavy (non-hydrogen) atoms. The summed E-state index contributed by atoms with van der Waals surface area (Å²) in [6.07, 6.45) is 2.34. The Hall–Kier alpha value is -1.10. The minimum atomic E-state index is -0.336. The van der Waals surface area contributed by atoms with Gasteiger partial charge < -0.3 is 15.1 Å². The maximum Gasteiger partial charge on any atom is 0.246 e. The van der Waals surface area contributed by atoms with Gasteiger partial charge in [-0.3, -0.25) is 9.59 Å². The number of rotatable bonds is 2. The van der Waals surface area contributed by atoms with E-state index in [0.29, 0.717) is 5.92 Å². The highest BCUT2D eigenvalue weighted by atomic mass is 16.2. The van der Waals surface area contributed by atoms with Crippen molar-refractivity contribution >= 4 is 11.8 Å². The predicted molar refractivity (Wildman–Crippen MR) is 71.4 cm³/mol. The lowest BCUT2D eigenvalue weighted by atomic mass is 9.82. The van der Waals surface area contributed by atoms with Crippen LogP contribution in [0, 0.1) is 11.8 Å². The number of fused-ring (bicyclic) bond motifs is 3. The van der Waals surface area contributed by atoms with Gasteiger partial charge in [0.15, 0.2) is 0 Å². The molecule has 0 spiro atoms. The van der Waals surface area contributed by atoms with E-state index in [1.54, 1.807) is 0 Å². The molecule has 0 aromatic carbocycles. The molecule has 2 bridgehead atoms. The van der Waals surface area contributed by atoms with Gasteiger partial charge in [0.2, 0.25) is 11.8 Å². The molecule has 2 atom stereocenters. The van der Waals surface area contributed by atoms with Gasteiger partial charge in [0.05, 0.1) is 6.54 Å². The second-order valence-electron chi connectivity index (χ2n) is 6.46. The van der Waals surface area contributed by atoms with Crippen LogP contribution in [0.25, 0.3) is 0 Å². The van der Waals surface area contributed by atoms with Gasteiger partial charge in [-0.15, -0.1) is 0 Å². The number of nitrogens with one attached hydrogen (secondary N) is 1. The van der Waals surface area contributed by atoms with Crippen LogP contribution in [0.3, 0.4) is 0 Å². The van der Waals surface area contributed by atoms with Gasteiger partial charge in [0, 0.05) is 12.6 Å². The Morgan fingerprint density at radius 1 is 1.21 bits per heavy atom. The Morgan fingerprint density at radius 3 is 2.42 bits per heavy atom. The van der Waals surface area contributed by atoms with Crippen molar-refractivity contribution in [2.45, 2.75) is 38.8 Å². The van der Waals surface area contributed by atoms with Crippen LogP contribution >= 0.6 is 0 Å². The number of hydrogen-bond acceptors (Lipinski definition) is 3. The van der Waals surface area contributed by atoms with Crippen LogP contribution in [0.15, 0.2) is 0 Å². The van der Waals surface area contributed by atoms with Crippen LogP contribution in [0.4, 0.5) is 0 Å². The number of piperazine rings is 1. The largest absolute Gasteiger partial charge is 0.343 e. The molecule has 1 N–H and O–H groups in total. The fourth-order valence-corrected chi connectivity index (χ4v) is 3.71. The minimum absolute atomic E-state index is 0.00486. The van der Waals surface area contributed by atoms with Gasteiger partial charge in [-0.05, 0) is 37.8 Å². The molecule has 106 valence electrons. The van der Waals surface area contributed by atoms with Crippen molar-refractivity contribution in [2.75, 3.05) is 26.2 Å². The van der Waals surface area contributed by atoms with Crippen molar-refractivity contribution in [3.05, 3.63) is 0 Å². The zero-order valence-corrected chi connectivity index (χ0v) is 11.8. The lowest BCUT2D eigenvalue weighted by Crippen LogP contribution is -2.67. The highest BCUT2D eigenvalue weighted by Crippen LogP contribution is 2.32. The normalized spacial score (nSPS) is 38.8. The maximum atomic E-state index is 12.6. The molecule has 0 radical (unpaired) electrons. The summed E-state index contributed by atoms with van der Waals surface area (Å²) in [7, 11) is 0. The van der Waals surface area contributed by atoms with E-state index < -0.39 is 0 Å². The molecule has 5 nitrogen and oxygen atoms in total. The van der Waals surface area contributed by atoms with E-state index in [9.17, 15) is 9.59 Å². The molecule has 4 rings (SSSR count). The zero-order valence-electron chi connectivity index (χ0n) is 11.8. The van der Waals surface area contributed by atoms with E-state index in [-0.39, 0.29) is 36.4 Å². The third kappa shape index (κ3) is 2.24. The number of carbonyl (C=O) groups is 2. The van der Waals surface area contributed by atoms with Crippen molar-refractivity contribution in [2.24, 2.45) is 11.8 Å². The summed E-state index contributed by atoms with van der Waals surface area (Å²) in [4.78, 5) is 28.7. The number of carbonyl (C=O) groups excluding carboxylic acids is 2. The molecule has 4 fully saturated rings. The van der Waals surface area contributed by atoms with Crippen LogP contribution in [-0.2, 0) is 9.59 Å². The highest BCUT2D eigenvalue weighted by molar-refractivity contribution is 5.95. The van der Waals surface area contributed by atoms with E-state index in [2.05, 4.69) is 10.2 Å². The second kappa shape index (κ2) is 4.78. The first kappa shape index (κ1) is 12.9. The van der Waals surface area contributed by atoms with Crippen molar-refractivity contribution < 1.29 is 9.59 Å². The van der Waals surface area contributed by atoms with Crippen molar-refractivity contribution in [3.63, 3.8) is 0 Å². The summed E-state index contributed by atoms with van der Waals surface area (Å²) >= 11 is 0. The number of nitrogens with zero attached hydrogens (tertiary/aromatic N) is 2. The summed E-state index contributed by atoms with van der Waals surface area (Å²) in [5, 5.41) is 2.83. The predicted octanol–water partition coefficient (Wildman–Crippen LogP) is 0.0636. The third-order valence-electron chi connectivity index (χ3n) is 4.87. The number of amides is 2. The van der Waals surface area contributed by atoms with E-state index in [1.165, 1.54) is 12.8 Å². The lowest BCUT2D eigenvalue weighted by molar-refractivity contribution is -0.152. The molecule has 0 aromatic heterocycles. The summed E-state index contributed by atoms with van der Waals surface area (Å²) in [6, 6.07) is -0.0843. The monoisotopic (exact) mass is 265 g/mol. The third-order valence-corrected chi connectivity index (χ3v) is 4.87. The Bertz CT molecular complexity index is 388. The molecule has 4 heterocycles. The van der Waals surface area contributed by atoms with E-state index in [0.717, 1.165) is 19.6 Å². The fraction of sp³-hybridized carbons (Fsp3) is 0.857. The van der Waals surface area contributed by atoms with Crippen molar-refractivity contribution in [1.29, 1.82) is 0 Å². The Kier molecular flexibility index (Phi) is 3.25. The van der Waals surface area contributed by atoms with Crippen LogP contribution < -0.4 is 5.32 Å². The molecule has 0 aromatic rings. The molecular formula is C14H23N3O2. The van der Waals surface area contributed by atoms with Gasteiger partial charge in [0.1, 0.15) is 6.04 Å². The van der Waals surface area contributed by atoms with Gasteiger partial charge in [-0.2, -0.15) is 0 Å². The number of piperidine rings is 3. The van der Waals surface area contributed by atoms with Gasteiger partial charge in [-0.1, -0.05) is 13.8 Å². The van der Waals surface area contributed by atoms with Crippen LogP contribution in [-0.4, -0.2) is 59.9 Å². The zero-order chi connectivity index (χ0) is 13.6. The summed E-state index contributed by atoms with van der Waals surface area (Å²) < 4.78 is 0. The van der Waals surface area contributed by atoms with Gasteiger partial charge >= 0.3 is 0 Å². The highest BCUT2D eigenvalue weighted by Gasteiger charge is 2.44. The first-order valence-electron chi connectivity index (χ1n) is 7.38. The van der Waals surface area contributed by atoms with Crippen molar-refractivity contribution in [3.8, 4) is 0 Å². The minimum Gasteiger partial charge on any atom is -0.343 e. The molecule has 4 aliphatic rings. The smallest absolute Gasteiger partial charge is 0.246 e. The average molecular weight is 265 g/mol. The van der Waals surface area contributed by atoms with Gasteiger partial charge in [0.25, 0.3) is 0 Å². The molecule has 2 unspecified atom stereocenters. The average Bonchev–Trinajstić information content (AvgIpc) is 2.42. The Balaban J connectivity index is 1.79. The lowest BCUT2D eigenvalue weighted by Gasteiger charge is -2.50. The van der Waals surface area contributed by atoms with E-state index in [1.807, 2.05) is 18.7 Å². The topological polar surface area (TPSA) is 52.7 Å². The van der Waals surface area contributed by atoms with Crippen LogP contribution in [0.5, 0.6) is 0 Å². The standard InChI is InChI=1S/C14H23N3O2/c1-9(2)13-14(19)17(8-12(18)15-13)11-7-16-5-3-10(11)4-6-16/h9-11,13H,3-8H2,1-2H3,(H,15,18). The molecule has 2 amide bonds. The molecule has 4 saturated heterocycles. The quantitative estimate of drug-likeness (QED) is 0.768. The summed E-state index contributed by atoms with van der Waals surface area (Å²) in [5.41, 5.74) is 0. The Labute approximate surface area is 114 Å². The van der Waals surface area contributed by atoms with Crippen molar-refractivity contribution in [1.82, 2.24) is 15.1 Å². The van der Waals surface area contributed by atoms with E-state index in [4.69, 9.17) is 0 Å².